The molecule has 212 valence electrons. The van der Waals surface area contributed by atoms with Gasteiger partial charge >= 0.3 is 0 Å². The Morgan fingerprint density at radius 3 is 1.87 bits per heavy atom. The van der Waals surface area contributed by atoms with Gasteiger partial charge in [0.2, 0.25) is 0 Å². The predicted octanol–water partition coefficient (Wildman–Crippen LogP) is 10.2. The molecule has 0 bridgehead atoms. The van der Waals surface area contributed by atoms with Gasteiger partial charge in [-0.05, 0) is 42.5 Å². The van der Waals surface area contributed by atoms with Crippen molar-refractivity contribution in [2.45, 2.75) is 9.79 Å². The summed E-state index contributed by atoms with van der Waals surface area (Å²) in [6.45, 7) is 0. The van der Waals surface area contributed by atoms with E-state index in [1.807, 2.05) is 72.8 Å². The van der Waals surface area contributed by atoms with Crippen LogP contribution in [0.1, 0.15) is 0 Å². The molecule has 0 saturated heterocycles. The maximum absolute atomic E-state index is 6.37. The Hall–Kier alpha value is -5.72. The van der Waals surface area contributed by atoms with Gasteiger partial charge in [0.25, 0.3) is 0 Å². The molecule has 0 fully saturated rings. The van der Waals surface area contributed by atoms with Crippen LogP contribution in [0.25, 0.3) is 61.7 Å². The Balaban J connectivity index is 1.23. The fraction of sp³-hybridized carbons (Fsp3) is 0. The van der Waals surface area contributed by atoms with Crippen LogP contribution in [0, 0.1) is 0 Å². The van der Waals surface area contributed by atoms with Crippen LogP contribution in [0.5, 0.6) is 11.5 Å². The second-order valence-corrected chi connectivity index (χ2v) is 11.9. The molecule has 0 atom stereocenters. The van der Waals surface area contributed by atoms with E-state index in [9.17, 15) is 0 Å². The van der Waals surface area contributed by atoms with E-state index in [0.717, 1.165) is 54.7 Å². The maximum Gasteiger partial charge on any atom is 0.164 e. The van der Waals surface area contributed by atoms with Crippen molar-refractivity contribution >= 4 is 33.6 Å². The van der Waals surface area contributed by atoms with Crippen molar-refractivity contribution < 1.29 is 4.74 Å². The smallest absolute Gasteiger partial charge is 0.164 e. The number of para-hydroxylation sites is 2. The summed E-state index contributed by atoms with van der Waals surface area (Å²) in [7, 11) is 0. The van der Waals surface area contributed by atoms with Crippen LogP contribution in [-0.2, 0) is 0 Å². The summed E-state index contributed by atoms with van der Waals surface area (Å²) in [6, 6.07) is 49.6. The van der Waals surface area contributed by atoms with Crippen molar-refractivity contribution in [2.75, 3.05) is 0 Å². The second-order valence-electron chi connectivity index (χ2n) is 10.9. The number of ether oxygens (including phenoxy) is 1. The monoisotopic (exact) mass is 596 g/mol. The third-order valence-electron chi connectivity index (χ3n) is 8.10. The largest absolute Gasteiger partial charge is 0.455 e. The van der Waals surface area contributed by atoms with E-state index in [2.05, 4.69) is 77.4 Å². The Kier molecular flexibility index (Phi) is 5.99. The van der Waals surface area contributed by atoms with Crippen LogP contribution < -0.4 is 4.74 Å². The predicted molar refractivity (Wildman–Crippen MR) is 181 cm³/mol. The summed E-state index contributed by atoms with van der Waals surface area (Å²) in [5.74, 6) is 3.70. The van der Waals surface area contributed by atoms with Gasteiger partial charge in [-0.25, -0.2) is 15.0 Å². The summed E-state index contributed by atoms with van der Waals surface area (Å²) in [5, 5.41) is 2.37. The summed E-state index contributed by atoms with van der Waals surface area (Å²) >= 11 is 1.77. The molecular formula is C39H24N4OS. The van der Waals surface area contributed by atoms with Crippen LogP contribution >= 0.6 is 11.8 Å². The summed E-state index contributed by atoms with van der Waals surface area (Å²) in [4.78, 5) is 17.1. The molecule has 0 radical (unpaired) electrons. The first-order valence-corrected chi connectivity index (χ1v) is 15.6. The molecule has 3 heterocycles. The third-order valence-corrected chi connectivity index (χ3v) is 9.26. The lowest BCUT2D eigenvalue weighted by Crippen LogP contribution is -2.01. The number of hydrogen-bond acceptors (Lipinski definition) is 5. The molecule has 0 amide bonds. The van der Waals surface area contributed by atoms with Gasteiger partial charge in [-0.3, -0.25) is 0 Å². The van der Waals surface area contributed by atoms with Gasteiger partial charge in [-0.2, -0.15) is 0 Å². The molecule has 0 spiro atoms. The van der Waals surface area contributed by atoms with Crippen molar-refractivity contribution in [1.82, 2.24) is 19.5 Å². The zero-order chi connectivity index (χ0) is 29.7. The lowest BCUT2D eigenvalue weighted by atomic mass is 10.1. The van der Waals surface area contributed by atoms with E-state index in [1.54, 1.807) is 11.8 Å². The molecule has 45 heavy (non-hydrogen) atoms. The van der Waals surface area contributed by atoms with E-state index < -0.39 is 0 Å². The van der Waals surface area contributed by atoms with E-state index in [4.69, 9.17) is 19.7 Å². The average Bonchev–Trinajstić information content (AvgIpc) is 3.46. The zero-order valence-corrected chi connectivity index (χ0v) is 24.8. The quantitative estimate of drug-likeness (QED) is 0.202. The fourth-order valence-corrected chi connectivity index (χ4v) is 7.14. The molecule has 6 heteroatoms. The van der Waals surface area contributed by atoms with Crippen LogP contribution in [0.15, 0.2) is 155 Å². The van der Waals surface area contributed by atoms with E-state index in [-0.39, 0.29) is 0 Å². The number of fused-ring (bicyclic) bond motifs is 6. The van der Waals surface area contributed by atoms with E-state index in [1.165, 1.54) is 10.8 Å². The molecule has 0 aliphatic carbocycles. The highest BCUT2D eigenvalue weighted by Gasteiger charge is 2.24. The van der Waals surface area contributed by atoms with Crippen LogP contribution in [0.3, 0.4) is 0 Å². The SMILES string of the molecule is c1ccc(-c2nc(-c3ccccc3)nc(-c3cccc(-n4c5ccccc5c5c6c(ccc54)Oc4ccccc4S6)c3)n2)cc1. The highest BCUT2D eigenvalue weighted by molar-refractivity contribution is 7.99. The topological polar surface area (TPSA) is 52.8 Å². The van der Waals surface area contributed by atoms with E-state index >= 15 is 0 Å². The summed E-state index contributed by atoms with van der Waals surface area (Å²) in [5.41, 5.74) is 6.09. The number of hydrogen-bond donors (Lipinski definition) is 0. The lowest BCUT2D eigenvalue weighted by molar-refractivity contribution is 0.456. The van der Waals surface area contributed by atoms with Crippen molar-refractivity contribution in [3.05, 3.63) is 146 Å². The van der Waals surface area contributed by atoms with Crippen molar-refractivity contribution in [3.8, 4) is 51.3 Å². The Morgan fingerprint density at radius 2 is 1.11 bits per heavy atom. The van der Waals surface area contributed by atoms with Crippen LogP contribution in [-0.4, -0.2) is 19.5 Å². The van der Waals surface area contributed by atoms with Crippen LogP contribution in [0.4, 0.5) is 0 Å². The van der Waals surface area contributed by atoms with Gasteiger partial charge in [0.15, 0.2) is 17.5 Å². The molecule has 6 aromatic carbocycles. The minimum absolute atomic E-state index is 0.628. The van der Waals surface area contributed by atoms with Crippen LogP contribution in [0.2, 0.25) is 0 Å². The highest BCUT2D eigenvalue weighted by Crippen LogP contribution is 2.52. The van der Waals surface area contributed by atoms with Gasteiger partial charge in [0.05, 0.1) is 20.8 Å². The van der Waals surface area contributed by atoms with Gasteiger partial charge < -0.3 is 9.30 Å². The molecule has 0 saturated carbocycles. The Labute approximate surface area is 263 Å². The first-order chi connectivity index (χ1) is 22.3. The second kappa shape index (κ2) is 10.5. The van der Waals surface area contributed by atoms with E-state index in [0.29, 0.717) is 17.5 Å². The average molecular weight is 597 g/mol. The molecule has 0 unspecified atom stereocenters. The van der Waals surface area contributed by atoms with Crippen molar-refractivity contribution in [1.29, 1.82) is 0 Å². The minimum atomic E-state index is 0.628. The fourth-order valence-electron chi connectivity index (χ4n) is 6.04. The number of nitrogens with zero attached hydrogens (tertiary/aromatic N) is 4. The molecule has 1 aliphatic heterocycles. The van der Waals surface area contributed by atoms with Crippen molar-refractivity contribution in [2.24, 2.45) is 0 Å². The number of aromatic nitrogens is 4. The first-order valence-electron chi connectivity index (χ1n) is 14.8. The normalized spacial score (nSPS) is 12.1. The molecule has 1 aliphatic rings. The number of rotatable bonds is 4. The molecule has 0 N–H and O–H groups in total. The van der Waals surface area contributed by atoms with Gasteiger partial charge in [-0.1, -0.05) is 115 Å². The Morgan fingerprint density at radius 1 is 0.489 bits per heavy atom. The molecular weight excluding hydrogens is 573 g/mol. The first kappa shape index (κ1) is 25.7. The Bertz CT molecular complexity index is 2330. The molecule has 2 aromatic heterocycles. The molecule has 9 rings (SSSR count). The lowest BCUT2D eigenvalue weighted by Gasteiger charge is -2.20. The standard InChI is InChI=1S/C39H24N4OS/c1-3-12-25(13-4-1)37-40-38(26-14-5-2-6-15-26)42-39(41-37)27-16-11-17-28(24-27)43-30-19-8-7-18-29(30)35-31(43)22-23-33-36(35)45-34-21-10-9-20-32(34)44-33/h1-24H. The van der Waals surface area contributed by atoms with Gasteiger partial charge in [0, 0.05) is 33.2 Å². The summed E-state index contributed by atoms with van der Waals surface area (Å²) < 4.78 is 8.70. The van der Waals surface area contributed by atoms with Gasteiger partial charge in [-0.15, -0.1) is 0 Å². The maximum atomic E-state index is 6.37. The molecule has 8 aromatic rings. The van der Waals surface area contributed by atoms with Gasteiger partial charge in [0.1, 0.15) is 11.5 Å². The highest BCUT2D eigenvalue weighted by atomic mass is 32.2. The zero-order valence-electron chi connectivity index (χ0n) is 24.0. The third kappa shape index (κ3) is 4.38. The number of benzene rings is 6. The minimum Gasteiger partial charge on any atom is -0.455 e. The molecule has 5 nitrogen and oxygen atoms in total. The van der Waals surface area contributed by atoms with Crippen molar-refractivity contribution in [3.63, 3.8) is 0 Å². The summed E-state index contributed by atoms with van der Waals surface area (Å²) in [6.07, 6.45) is 0.